The summed E-state index contributed by atoms with van der Waals surface area (Å²) in [4.78, 5) is 16.8. The van der Waals surface area contributed by atoms with E-state index in [0.717, 1.165) is 60.4 Å². The molecule has 0 amide bonds. The molecule has 6 nitrogen and oxygen atoms in total. The molecule has 0 unspecified atom stereocenters. The Morgan fingerprint density at radius 3 is 1.16 bits per heavy atom. The van der Waals surface area contributed by atoms with Crippen molar-refractivity contribution in [1.82, 2.24) is 28.7 Å². The minimum atomic E-state index is -3.01. The third-order valence-corrected chi connectivity index (χ3v) is 18.4. The third-order valence-electron chi connectivity index (χ3n) is 13.6. The fourth-order valence-electron chi connectivity index (χ4n) is 11.1. The summed E-state index contributed by atoms with van der Waals surface area (Å²) in [5, 5.41) is 12.4. The molecule has 0 bridgehead atoms. The van der Waals surface area contributed by atoms with Gasteiger partial charge in [-0.3, -0.25) is 9.13 Å². The van der Waals surface area contributed by atoms with Gasteiger partial charge in [0.15, 0.2) is 13.9 Å². The van der Waals surface area contributed by atoms with Crippen molar-refractivity contribution in [3.05, 3.63) is 218 Å². The molecule has 0 N–H and O–H groups in total. The zero-order valence-corrected chi connectivity index (χ0v) is 35.5. The molecule has 0 radical (unpaired) electrons. The van der Waals surface area contributed by atoms with E-state index in [0.29, 0.717) is 17.7 Å². The first-order valence-electron chi connectivity index (χ1n) is 21.8. The second-order valence-corrected chi connectivity index (χ2v) is 20.5. The van der Waals surface area contributed by atoms with Gasteiger partial charge >= 0.3 is 0 Å². The van der Waals surface area contributed by atoms with Gasteiger partial charge in [-0.25, -0.2) is 0 Å². The van der Waals surface area contributed by atoms with Crippen molar-refractivity contribution >= 4 is 94.2 Å². The minimum absolute atomic E-state index is 0.560. The monoisotopic (exact) mass is 832 g/mol. The summed E-state index contributed by atoms with van der Waals surface area (Å²) < 4.78 is 6.95. The molecule has 5 heterocycles. The van der Waals surface area contributed by atoms with Crippen LogP contribution in [-0.4, -0.2) is 36.7 Å². The molecule has 0 atom stereocenters. The molecule has 7 heteroatoms. The highest BCUT2D eigenvalue weighted by Gasteiger charge is 2.48. The Balaban J connectivity index is 1.17. The van der Waals surface area contributed by atoms with Gasteiger partial charge in [-0.15, -0.1) is 0 Å². The second kappa shape index (κ2) is 13.3. The molecule has 9 aromatic carbocycles. The number of hydrogen-bond acceptors (Lipinski definition) is 3. The van der Waals surface area contributed by atoms with Crippen molar-refractivity contribution in [2.45, 2.75) is 0 Å². The topological polar surface area (TPSA) is 53.5 Å². The van der Waals surface area contributed by atoms with Crippen LogP contribution in [0.2, 0.25) is 0 Å². The van der Waals surface area contributed by atoms with Gasteiger partial charge in [0.05, 0.1) is 38.8 Å². The van der Waals surface area contributed by atoms with E-state index in [-0.39, 0.29) is 0 Å². The van der Waals surface area contributed by atoms with Crippen molar-refractivity contribution in [1.29, 1.82) is 0 Å². The van der Waals surface area contributed by atoms with Crippen LogP contribution in [0.1, 0.15) is 0 Å². The highest BCUT2D eigenvalue weighted by atomic mass is 28.3. The van der Waals surface area contributed by atoms with Gasteiger partial charge in [-0.05, 0) is 57.1 Å². The van der Waals surface area contributed by atoms with Gasteiger partial charge < -0.3 is 4.57 Å². The maximum absolute atomic E-state index is 5.63. The Bertz CT molecular complexity index is 3750. The molecular weight excluding hydrogens is 797 g/mol. The molecule has 0 fully saturated rings. The van der Waals surface area contributed by atoms with E-state index in [9.17, 15) is 0 Å². The number of para-hydroxylation sites is 7. The van der Waals surface area contributed by atoms with E-state index in [1.165, 1.54) is 37.0 Å². The Morgan fingerprint density at radius 2 is 0.672 bits per heavy atom. The van der Waals surface area contributed by atoms with Crippen molar-refractivity contribution in [3.63, 3.8) is 0 Å². The van der Waals surface area contributed by atoms with Crippen LogP contribution in [0.4, 0.5) is 0 Å². The summed E-state index contributed by atoms with van der Waals surface area (Å²) >= 11 is 0. The lowest BCUT2D eigenvalue weighted by molar-refractivity contribution is 0.892. The standard InChI is InChI=1S/C57H36N6Si/c1-3-19-37(20-4-1)64(38-21-5-2-6-22-38)51-35-17-28-44-43-27-11-16-34-50(43)63(53(44)51)54-45(29-18-36-52(54)64)55-58-56(61-46-30-12-7-23-39(46)40-24-8-13-31-47(40)61)60-57(59-55)62-48-32-14-9-25-41(48)42-26-10-15-33-49(42)62/h1-36H. The molecule has 14 rings (SSSR count). The average Bonchev–Trinajstić information content (AvgIpc) is 4.01. The normalized spacial score (nSPS) is 13.1. The van der Waals surface area contributed by atoms with Crippen LogP contribution >= 0.6 is 0 Å². The zero-order chi connectivity index (χ0) is 41.9. The lowest BCUT2D eigenvalue weighted by Gasteiger charge is -2.40. The molecule has 0 saturated heterocycles. The maximum Gasteiger partial charge on any atom is 0.240 e. The van der Waals surface area contributed by atoms with Crippen LogP contribution in [0.3, 0.4) is 0 Å². The van der Waals surface area contributed by atoms with E-state index in [2.05, 4.69) is 232 Å². The highest BCUT2D eigenvalue weighted by Crippen LogP contribution is 2.40. The van der Waals surface area contributed by atoms with Gasteiger partial charge in [0.25, 0.3) is 0 Å². The molecule has 298 valence electrons. The fourth-order valence-corrected chi connectivity index (χ4v) is 16.2. The molecule has 0 spiro atoms. The number of nitrogens with zero attached hydrogens (tertiary/aromatic N) is 6. The summed E-state index contributed by atoms with van der Waals surface area (Å²) in [6.45, 7) is 0. The molecular formula is C57H36N6Si. The Kier molecular flexibility index (Phi) is 7.32. The molecule has 4 aromatic heterocycles. The van der Waals surface area contributed by atoms with Crippen LogP contribution in [-0.2, 0) is 0 Å². The number of benzene rings is 9. The lowest BCUT2D eigenvalue weighted by atomic mass is 10.1. The van der Waals surface area contributed by atoms with Crippen LogP contribution in [0.5, 0.6) is 0 Å². The zero-order valence-electron chi connectivity index (χ0n) is 34.5. The fraction of sp³-hybridized carbons (Fsp3) is 0. The Hall–Kier alpha value is -8.39. The Labute approximate surface area is 368 Å². The van der Waals surface area contributed by atoms with Gasteiger partial charge in [-0.1, -0.05) is 182 Å². The number of hydrogen-bond donors (Lipinski definition) is 0. The first-order valence-corrected chi connectivity index (χ1v) is 23.8. The number of aromatic nitrogens is 6. The van der Waals surface area contributed by atoms with Crippen LogP contribution in [0, 0.1) is 0 Å². The quantitative estimate of drug-likeness (QED) is 0.162. The molecule has 0 saturated carbocycles. The van der Waals surface area contributed by atoms with Gasteiger partial charge in [-0.2, -0.15) is 15.0 Å². The van der Waals surface area contributed by atoms with Crippen molar-refractivity contribution in [3.8, 4) is 29.0 Å². The molecule has 0 aliphatic carbocycles. The molecule has 13 aromatic rings. The minimum Gasteiger partial charge on any atom is -0.309 e. The lowest BCUT2D eigenvalue weighted by Crippen LogP contribution is -2.76. The predicted molar refractivity (Wildman–Crippen MR) is 265 cm³/mol. The third kappa shape index (κ3) is 4.65. The van der Waals surface area contributed by atoms with Crippen molar-refractivity contribution in [2.75, 3.05) is 0 Å². The van der Waals surface area contributed by atoms with E-state index in [1.807, 2.05) is 0 Å². The van der Waals surface area contributed by atoms with E-state index < -0.39 is 8.07 Å². The highest BCUT2D eigenvalue weighted by molar-refractivity contribution is 7.21. The number of fused-ring (bicyclic) bond motifs is 11. The van der Waals surface area contributed by atoms with Gasteiger partial charge in [0.2, 0.25) is 11.9 Å². The molecule has 64 heavy (non-hydrogen) atoms. The summed E-state index contributed by atoms with van der Waals surface area (Å²) in [6.07, 6.45) is 0. The SMILES string of the molecule is c1ccc([Si]2(c3ccccc3)c3cccc(-c4nc(-n5c6ccccc6c6ccccc65)nc(-n5c6ccccc6c6ccccc65)n4)c3-n3c4ccccc4c4cccc2c43)cc1. The maximum atomic E-state index is 5.63. The molecule has 1 aliphatic heterocycles. The first-order chi connectivity index (χ1) is 31.8. The smallest absolute Gasteiger partial charge is 0.240 e. The van der Waals surface area contributed by atoms with E-state index in [4.69, 9.17) is 15.0 Å². The summed E-state index contributed by atoms with van der Waals surface area (Å²) in [5.74, 6) is 1.73. The molecule has 1 aliphatic rings. The summed E-state index contributed by atoms with van der Waals surface area (Å²) in [5.41, 5.74) is 8.60. The van der Waals surface area contributed by atoms with Crippen LogP contribution in [0.25, 0.3) is 94.4 Å². The van der Waals surface area contributed by atoms with Crippen LogP contribution < -0.4 is 20.7 Å². The van der Waals surface area contributed by atoms with Crippen molar-refractivity contribution < 1.29 is 0 Å². The average molecular weight is 833 g/mol. The Morgan fingerprint density at radius 1 is 0.297 bits per heavy atom. The summed E-state index contributed by atoms with van der Waals surface area (Å²) in [7, 11) is -3.01. The number of rotatable bonds is 5. The van der Waals surface area contributed by atoms with E-state index in [1.54, 1.807) is 0 Å². The van der Waals surface area contributed by atoms with E-state index >= 15 is 0 Å². The van der Waals surface area contributed by atoms with Gasteiger partial charge in [0.1, 0.15) is 0 Å². The van der Waals surface area contributed by atoms with Gasteiger partial charge in [0, 0.05) is 37.9 Å². The summed E-state index contributed by atoms with van der Waals surface area (Å²) in [6, 6.07) is 79.3. The predicted octanol–water partition coefficient (Wildman–Crippen LogP) is 10.5. The second-order valence-electron chi connectivity index (χ2n) is 16.7. The largest absolute Gasteiger partial charge is 0.309 e. The van der Waals surface area contributed by atoms with Crippen LogP contribution in [0.15, 0.2) is 218 Å². The van der Waals surface area contributed by atoms with Crippen molar-refractivity contribution in [2.24, 2.45) is 0 Å². The first kappa shape index (κ1) is 35.2.